The van der Waals surface area contributed by atoms with Gasteiger partial charge in [0, 0.05) is 12.2 Å². The van der Waals surface area contributed by atoms with Gasteiger partial charge in [0.25, 0.3) is 0 Å². The van der Waals surface area contributed by atoms with E-state index >= 15 is 0 Å². The van der Waals surface area contributed by atoms with E-state index in [4.69, 9.17) is 9.84 Å². The van der Waals surface area contributed by atoms with Crippen molar-refractivity contribution in [3.05, 3.63) is 12.2 Å². The highest BCUT2D eigenvalue weighted by atomic mass is 16.5. The van der Waals surface area contributed by atoms with Gasteiger partial charge in [-0.2, -0.15) is 0 Å². The Balaban J connectivity index is 3.14. The molecule has 1 N–H and O–H groups in total. The van der Waals surface area contributed by atoms with E-state index in [0.717, 1.165) is 25.0 Å². The van der Waals surface area contributed by atoms with Gasteiger partial charge >= 0.3 is 11.9 Å². The summed E-state index contributed by atoms with van der Waals surface area (Å²) in [6, 6.07) is 0. The van der Waals surface area contributed by atoms with Crippen LogP contribution in [0.3, 0.4) is 0 Å². The first-order valence-corrected chi connectivity index (χ1v) is 10.2. The Morgan fingerprint density at radius 2 is 1.08 bits per heavy atom. The fourth-order valence-corrected chi connectivity index (χ4v) is 2.83. The monoisotopic (exact) mass is 354 g/mol. The summed E-state index contributed by atoms with van der Waals surface area (Å²) in [6.45, 7) is 2.64. The van der Waals surface area contributed by atoms with Crippen LogP contribution in [0, 0.1) is 0 Å². The van der Waals surface area contributed by atoms with Gasteiger partial charge in [0.05, 0.1) is 6.61 Å². The standard InChI is InChI=1S/C21H38O4/c1-2-3-4-5-6-7-8-9-10-11-12-13-14-15-16-19-25-21(24)18-17-20(22)23/h17-18H,2-16,19H2,1H3,(H,22,23)/b18-17+. The number of carboxylic acid groups (broad SMARTS) is 1. The first-order valence-electron chi connectivity index (χ1n) is 10.2. The predicted octanol–water partition coefficient (Wildman–Crippen LogP) is 6.04. The number of aliphatic carboxylic acids is 1. The number of esters is 1. The molecule has 4 nitrogen and oxygen atoms in total. The van der Waals surface area contributed by atoms with E-state index in [1.807, 2.05) is 0 Å². The van der Waals surface area contributed by atoms with Crippen LogP contribution in [-0.4, -0.2) is 23.7 Å². The second-order valence-corrected chi connectivity index (χ2v) is 6.79. The third kappa shape index (κ3) is 20.6. The van der Waals surface area contributed by atoms with Crippen molar-refractivity contribution in [2.24, 2.45) is 0 Å². The van der Waals surface area contributed by atoms with Crippen LogP contribution in [0.1, 0.15) is 103 Å². The average Bonchev–Trinajstić information content (AvgIpc) is 2.59. The number of carboxylic acids is 1. The molecule has 0 radical (unpaired) electrons. The van der Waals surface area contributed by atoms with Gasteiger partial charge in [-0.3, -0.25) is 0 Å². The lowest BCUT2D eigenvalue weighted by Crippen LogP contribution is -2.03. The van der Waals surface area contributed by atoms with Crippen molar-refractivity contribution in [2.45, 2.75) is 103 Å². The van der Waals surface area contributed by atoms with E-state index in [9.17, 15) is 9.59 Å². The molecule has 0 aromatic carbocycles. The SMILES string of the molecule is CCCCCCCCCCCCCCCCCOC(=O)/C=C/C(=O)O. The van der Waals surface area contributed by atoms with Crippen LogP contribution in [0.25, 0.3) is 0 Å². The number of carbonyl (C=O) groups excluding carboxylic acids is 1. The molecule has 0 unspecified atom stereocenters. The Labute approximate surface area is 154 Å². The second-order valence-electron chi connectivity index (χ2n) is 6.79. The van der Waals surface area contributed by atoms with Crippen molar-refractivity contribution in [3.8, 4) is 0 Å². The molecular weight excluding hydrogens is 316 g/mol. The highest BCUT2D eigenvalue weighted by Gasteiger charge is 1.98. The lowest BCUT2D eigenvalue weighted by Gasteiger charge is -2.04. The fourth-order valence-electron chi connectivity index (χ4n) is 2.83. The third-order valence-electron chi connectivity index (χ3n) is 4.35. The van der Waals surface area contributed by atoms with Gasteiger partial charge in [0.1, 0.15) is 0 Å². The second kappa shape index (κ2) is 19.0. The summed E-state index contributed by atoms with van der Waals surface area (Å²) in [4.78, 5) is 21.4. The van der Waals surface area contributed by atoms with Crippen LogP contribution in [0.5, 0.6) is 0 Å². The topological polar surface area (TPSA) is 63.6 Å². The molecule has 0 aliphatic heterocycles. The van der Waals surface area contributed by atoms with Gasteiger partial charge in [-0.25, -0.2) is 9.59 Å². The van der Waals surface area contributed by atoms with Crippen LogP contribution in [-0.2, 0) is 14.3 Å². The Morgan fingerprint density at radius 3 is 1.48 bits per heavy atom. The van der Waals surface area contributed by atoms with E-state index in [-0.39, 0.29) is 0 Å². The van der Waals surface area contributed by atoms with Crippen LogP contribution >= 0.6 is 0 Å². The first-order chi connectivity index (χ1) is 12.2. The van der Waals surface area contributed by atoms with Crippen molar-refractivity contribution in [1.29, 1.82) is 0 Å². The zero-order valence-corrected chi connectivity index (χ0v) is 16.1. The van der Waals surface area contributed by atoms with Gasteiger partial charge in [-0.05, 0) is 6.42 Å². The van der Waals surface area contributed by atoms with Gasteiger partial charge in [-0.1, -0.05) is 96.8 Å². The molecule has 25 heavy (non-hydrogen) atoms. The molecule has 0 aromatic heterocycles. The lowest BCUT2D eigenvalue weighted by atomic mass is 10.0. The average molecular weight is 355 g/mol. The fraction of sp³-hybridized carbons (Fsp3) is 0.810. The van der Waals surface area contributed by atoms with Crippen LogP contribution in [0.15, 0.2) is 12.2 Å². The number of ether oxygens (including phenoxy) is 1. The summed E-state index contributed by atoms with van der Waals surface area (Å²) in [5, 5.41) is 8.38. The highest BCUT2D eigenvalue weighted by Crippen LogP contribution is 2.13. The van der Waals surface area contributed by atoms with Crippen molar-refractivity contribution < 1.29 is 19.4 Å². The van der Waals surface area contributed by atoms with Crippen molar-refractivity contribution >= 4 is 11.9 Å². The van der Waals surface area contributed by atoms with Crippen molar-refractivity contribution in [3.63, 3.8) is 0 Å². The zero-order chi connectivity index (χ0) is 18.6. The molecule has 0 atom stereocenters. The minimum atomic E-state index is -1.14. The Kier molecular flexibility index (Phi) is 18.0. The molecule has 0 spiro atoms. The van der Waals surface area contributed by atoms with E-state index in [1.165, 1.54) is 83.5 Å². The summed E-state index contributed by atoms with van der Waals surface area (Å²) >= 11 is 0. The van der Waals surface area contributed by atoms with E-state index in [0.29, 0.717) is 6.61 Å². The van der Waals surface area contributed by atoms with E-state index < -0.39 is 11.9 Å². The van der Waals surface area contributed by atoms with Crippen molar-refractivity contribution in [1.82, 2.24) is 0 Å². The molecular formula is C21H38O4. The van der Waals surface area contributed by atoms with Crippen LogP contribution < -0.4 is 0 Å². The van der Waals surface area contributed by atoms with E-state index in [2.05, 4.69) is 6.92 Å². The maximum Gasteiger partial charge on any atom is 0.331 e. The quantitative estimate of drug-likeness (QED) is 0.185. The maximum absolute atomic E-state index is 11.1. The number of hydrogen-bond donors (Lipinski definition) is 1. The molecule has 0 aliphatic rings. The number of unbranched alkanes of at least 4 members (excludes halogenated alkanes) is 14. The molecule has 0 aliphatic carbocycles. The molecule has 0 bridgehead atoms. The molecule has 146 valence electrons. The molecule has 0 heterocycles. The smallest absolute Gasteiger partial charge is 0.331 e. The summed E-state index contributed by atoms with van der Waals surface area (Å²) < 4.78 is 4.92. The number of hydrogen-bond acceptors (Lipinski definition) is 3. The molecule has 0 saturated carbocycles. The maximum atomic E-state index is 11.1. The van der Waals surface area contributed by atoms with Crippen LogP contribution in [0.4, 0.5) is 0 Å². The van der Waals surface area contributed by atoms with Gasteiger partial charge < -0.3 is 9.84 Å². The molecule has 0 rings (SSSR count). The first kappa shape index (κ1) is 23.7. The predicted molar refractivity (Wildman–Crippen MR) is 103 cm³/mol. The van der Waals surface area contributed by atoms with E-state index in [1.54, 1.807) is 0 Å². The normalized spacial score (nSPS) is 11.1. The Bertz CT molecular complexity index is 350. The molecule has 4 heteroatoms. The molecule has 0 aromatic rings. The lowest BCUT2D eigenvalue weighted by molar-refractivity contribution is -0.138. The minimum Gasteiger partial charge on any atom is -0.478 e. The van der Waals surface area contributed by atoms with Gasteiger partial charge in [0.2, 0.25) is 0 Å². The van der Waals surface area contributed by atoms with Gasteiger partial charge in [0.15, 0.2) is 0 Å². The van der Waals surface area contributed by atoms with Gasteiger partial charge in [-0.15, -0.1) is 0 Å². The largest absolute Gasteiger partial charge is 0.478 e. The minimum absolute atomic E-state index is 0.376. The summed E-state index contributed by atoms with van der Waals surface area (Å²) in [5.41, 5.74) is 0. The molecule has 0 amide bonds. The molecule has 0 fully saturated rings. The Morgan fingerprint density at radius 1 is 0.680 bits per heavy atom. The summed E-state index contributed by atoms with van der Waals surface area (Å²) in [5.74, 6) is -1.71. The number of rotatable bonds is 18. The Hall–Kier alpha value is -1.32. The number of carbonyl (C=O) groups is 2. The van der Waals surface area contributed by atoms with Crippen LogP contribution in [0.2, 0.25) is 0 Å². The summed E-state index contributed by atoms with van der Waals surface area (Å²) in [6.07, 6.45) is 21.3. The molecule has 0 saturated heterocycles. The zero-order valence-electron chi connectivity index (χ0n) is 16.1. The highest BCUT2D eigenvalue weighted by molar-refractivity contribution is 5.90. The summed E-state index contributed by atoms with van der Waals surface area (Å²) in [7, 11) is 0. The third-order valence-corrected chi connectivity index (χ3v) is 4.35. The van der Waals surface area contributed by atoms with Crippen molar-refractivity contribution in [2.75, 3.05) is 6.61 Å².